The number of hydrogen-bond donors (Lipinski definition) is 1. The molecule has 0 aromatic carbocycles. The van der Waals surface area contributed by atoms with Gasteiger partial charge >= 0.3 is 0 Å². The molecule has 1 rings (SSSR count). The van der Waals surface area contributed by atoms with Crippen LogP contribution in [0.4, 0.5) is 0 Å². The van der Waals surface area contributed by atoms with Gasteiger partial charge in [-0.15, -0.1) is 0 Å². The molecule has 5 heteroatoms. The van der Waals surface area contributed by atoms with Crippen molar-refractivity contribution < 1.29 is 9.59 Å². The van der Waals surface area contributed by atoms with Gasteiger partial charge in [0.1, 0.15) is 0 Å². The molecule has 1 saturated carbocycles. The first-order chi connectivity index (χ1) is 8.90. The van der Waals surface area contributed by atoms with Gasteiger partial charge in [-0.05, 0) is 19.3 Å². The molecule has 1 aliphatic rings. The predicted octanol–water partition coefficient (Wildman–Crippen LogP) is 0.975. The Hall–Kier alpha value is -1.10. The zero-order valence-electron chi connectivity index (χ0n) is 12.4. The summed E-state index contributed by atoms with van der Waals surface area (Å²) in [5, 5.41) is 0. The van der Waals surface area contributed by atoms with Crippen LogP contribution in [0, 0.1) is 0 Å². The van der Waals surface area contributed by atoms with E-state index in [1.165, 1.54) is 4.90 Å². The number of hydrogen-bond acceptors (Lipinski definition) is 3. The quantitative estimate of drug-likeness (QED) is 0.809. The fourth-order valence-corrected chi connectivity index (χ4v) is 2.54. The second-order valence-electron chi connectivity index (χ2n) is 5.73. The minimum Gasteiger partial charge on any atom is -0.347 e. The fraction of sp³-hybridized carbons (Fsp3) is 0.857. The van der Waals surface area contributed by atoms with E-state index in [0.29, 0.717) is 6.54 Å². The van der Waals surface area contributed by atoms with Crippen LogP contribution < -0.4 is 5.73 Å². The summed E-state index contributed by atoms with van der Waals surface area (Å²) in [4.78, 5) is 27.6. The molecular formula is C14H27N3O2. The lowest BCUT2D eigenvalue weighted by atomic mass is 9.81. The summed E-state index contributed by atoms with van der Waals surface area (Å²) in [6.45, 7) is 2.74. The highest BCUT2D eigenvalue weighted by Gasteiger charge is 2.38. The average Bonchev–Trinajstić information content (AvgIpc) is 2.38. The Kier molecular flexibility index (Phi) is 5.79. The van der Waals surface area contributed by atoms with Gasteiger partial charge in [0, 0.05) is 20.6 Å². The maximum absolute atomic E-state index is 12.6. The van der Waals surface area contributed by atoms with E-state index < -0.39 is 5.54 Å². The molecule has 0 saturated heterocycles. The summed E-state index contributed by atoms with van der Waals surface area (Å²) < 4.78 is 0. The second kappa shape index (κ2) is 6.89. The van der Waals surface area contributed by atoms with Crippen molar-refractivity contribution in [3.05, 3.63) is 0 Å². The van der Waals surface area contributed by atoms with Crippen LogP contribution in [0.1, 0.15) is 45.4 Å². The third kappa shape index (κ3) is 4.20. The predicted molar refractivity (Wildman–Crippen MR) is 75.6 cm³/mol. The fourth-order valence-electron chi connectivity index (χ4n) is 2.54. The van der Waals surface area contributed by atoms with E-state index in [4.69, 9.17) is 5.73 Å². The summed E-state index contributed by atoms with van der Waals surface area (Å²) in [6, 6.07) is 0. The largest absolute Gasteiger partial charge is 0.347 e. The SMILES string of the molecule is CCCN(CC(=O)N(C)C)C(=O)C1(N)CCCCC1. The molecule has 0 bridgehead atoms. The summed E-state index contributed by atoms with van der Waals surface area (Å²) in [7, 11) is 3.41. The highest BCUT2D eigenvalue weighted by atomic mass is 16.2. The molecule has 19 heavy (non-hydrogen) atoms. The van der Waals surface area contributed by atoms with Crippen molar-refractivity contribution >= 4 is 11.8 Å². The van der Waals surface area contributed by atoms with Gasteiger partial charge in [0.25, 0.3) is 0 Å². The molecule has 0 atom stereocenters. The van der Waals surface area contributed by atoms with Gasteiger partial charge in [-0.3, -0.25) is 9.59 Å². The van der Waals surface area contributed by atoms with Gasteiger partial charge in [-0.1, -0.05) is 26.2 Å². The molecule has 0 heterocycles. The van der Waals surface area contributed by atoms with E-state index in [0.717, 1.165) is 38.5 Å². The number of nitrogens with zero attached hydrogens (tertiary/aromatic N) is 2. The smallest absolute Gasteiger partial charge is 0.243 e. The second-order valence-corrected chi connectivity index (χ2v) is 5.73. The van der Waals surface area contributed by atoms with E-state index in [-0.39, 0.29) is 18.4 Å². The van der Waals surface area contributed by atoms with Gasteiger partial charge < -0.3 is 15.5 Å². The molecule has 0 aromatic rings. The Morgan fingerprint density at radius 3 is 2.21 bits per heavy atom. The number of nitrogens with two attached hydrogens (primary N) is 1. The van der Waals surface area contributed by atoms with E-state index in [1.54, 1.807) is 19.0 Å². The molecular weight excluding hydrogens is 242 g/mol. The summed E-state index contributed by atoms with van der Waals surface area (Å²) in [5.41, 5.74) is 5.52. The molecule has 2 amide bonds. The third-order valence-electron chi connectivity index (χ3n) is 3.78. The van der Waals surface area contributed by atoms with E-state index in [9.17, 15) is 9.59 Å². The van der Waals surface area contributed by atoms with Crippen molar-refractivity contribution in [1.29, 1.82) is 0 Å². The third-order valence-corrected chi connectivity index (χ3v) is 3.78. The lowest BCUT2D eigenvalue weighted by Gasteiger charge is -2.37. The minimum absolute atomic E-state index is 0.0516. The lowest BCUT2D eigenvalue weighted by molar-refractivity contribution is -0.143. The van der Waals surface area contributed by atoms with Crippen molar-refractivity contribution in [2.45, 2.75) is 51.0 Å². The zero-order chi connectivity index (χ0) is 14.5. The molecule has 0 aromatic heterocycles. The Labute approximate surface area is 116 Å². The Balaban J connectivity index is 2.74. The molecule has 0 unspecified atom stereocenters. The number of carbonyl (C=O) groups is 2. The van der Waals surface area contributed by atoms with E-state index >= 15 is 0 Å². The van der Waals surface area contributed by atoms with Crippen molar-refractivity contribution in [3.63, 3.8) is 0 Å². The molecule has 5 nitrogen and oxygen atoms in total. The highest BCUT2D eigenvalue weighted by Crippen LogP contribution is 2.27. The van der Waals surface area contributed by atoms with Crippen molar-refractivity contribution in [1.82, 2.24) is 9.80 Å². The number of likely N-dealkylation sites (N-methyl/N-ethyl adjacent to an activating group) is 1. The van der Waals surface area contributed by atoms with Crippen LogP contribution >= 0.6 is 0 Å². The summed E-state index contributed by atoms with van der Waals surface area (Å²) >= 11 is 0. The van der Waals surface area contributed by atoms with Crippen LogP contribution in [0.25, 0.3) is 0 Å². The Bertz CT molecular complexity index is 323. The normalized spacial score (nSPS) is 17.9. The first-order valence-corrected chi connectivity index (χ1v) is 7.19. The zero-order valence-corrected chi connectivity index (χ0v) is 12.4. The van der Waals surface area contributed by atoms with Gasteiger partial charge in [0.15, 0.2) is 0 Å². The first kappa shape index (κ1) is 16.0. The number of amides is 2. The Morgan fingerprint density at radius 2 is 1.74 bits per heavy atom. The van der Waals surface area contributed by atoms with Gasteiger partial charge in [0.05, 0.1) is 12.1 Å². The van der Waals surface area contributed by atoms with Gasteiger partial charge in [0.2, 0.25) is 11.8 Å². The van der Waals surface area contributed by atoms with E-state index in [1.807, 2.05) is 6.92 Å². The van der Waals surface area contributed by atoms with Crippen molar-refractivity contribution in [2.24, 2.45) is 5.73 Å². The topological polar surface area (TPSA) is 66.6 Å². The first-order valence-electron chi connectivity index (χ1n) is 7.19. The monoisotopic (exact) mass is 269 g/mol. The highest BCUT2D eigenvalue weighted by molar-refractivity contribution is 5.90. The molecule has 0 radical (unpaired) electrons. The summed E-state index contributed by atoms with van der Waals surface area (Å²) in [5.74, 6) is -0.106. The summed E-state index contributed by atoms with van der Waals surface area (Å²) in [6.07, 6.45) is 5.47. The molecule has 2 N–H and O–H groups in total. The van der Waals surface area contributed by atoms with Crippen molar-refractivity contribution in [2.75, 3.05) is 27.2 Å². The van der Waals surface area contributed by atoms with Crippen molar-refractivity contribution in [3.8, 4) is 0 Å². The van der Waals surface area contributed by atoms with Crippen LogP contribution in [-0.2, 0) is 9.59 Å². The number of rotatable bonds is 5. The number of carbonyl (C=O) groups excluding carboxylic acids is 2. The van der Waals surface area contributed by atoms with Gasteiger partial charge in [-0.25, -0.2) is 0 Å². The lowest BCUT2D eigenvalue weighted by Crippen LogP contribution is -2.57. The van der Waals surface area contributed by atoms with Crippen LogP contribution in [0.15, 0.2) is 0 Å². The molecule has 1 aliphatic carbocycles. The van der Waals surface area contributed by atoms with Gasteiger partial charge in [-0.2, -0.15) is 0 Å². The average molecular weight is 269 g/mol. The minimum atomic E-state index is -0.750. The van der Waals surface area contributed by atoms with E-state index in [2.05, 4.69) is 0 Å². The van der Waals surface area contributed by atoms with Crippen LogP contribution in [0.5, 0.6) is 0 Å². The Morgan fingerprint density at radius 1 is 1.16 bits per heavy atom. The standard InChI is InChI=1S/C14H27N3O2/c1-4-10-17(11-12(18)16(2)3)13(19)14(15)8-6-5-7-9-14/h4-11,15H2,1-3H3. The molecule has 110 valence electrons. The molecule has 1 fully saturated rings. The van der Waals surface area contributed by atoms with Crippen LogP contribution in [0.2, 0.25) is 0 Å². The maximum atomic E-state index is 12.6. The molecule has 0 spiro atoms. The molecule has 0 aliphatic heterocycles. The van der Waals surface area contributed by atoms with Crippen LogP contribution in [0.3, 0.4) is 0 Å². The van der Waals surface area contributed by atoms with Crippen LogP contribution in [-0.4, -0.2) is 54.3 Å². The maximum Gasteiger partial charge on any atom is 0.243 e.